The monoisotopic (exact) mass is 410 g/mol. The summed E-state index contributed by atoms with van der Waals surface area (Å²) in [4.78, 5) is 26.4. The Kier molecular flexibility index (Phi) is 5.41. The van der Waals surface area contributed by atoms with Crippen molar-refractivity contribution in [1.82, 2.24) is 9.97 Å². The van der Waals surface area contributed by atoms with Crippen LogP contribution in [0.3, 0.4) is 0 Å². The van der Waals surface area contributed by atoms with Crippen molar-refractivity contribution in [3.05, 3.63) is 40.0 Å². The summed E-state index contributed by atoms with van der Waals surface area (Å²) in [6.45, 7) is 7.90. The zero-order valence-electron chi connectivity index (χ0n) is 17.3. The minimum Gasteiger partial charge on any atom is -0.495 e. The van der Waals surface area contributed by atoms with Gasteiger partial charge in [0.05, 0.1) is 23.1 Å². The lowest BCUT2D eigenvalue weighted by atomic mass is 10.1. The molecule has 2 aromatic heterocycles. The molecule has 3 heterocycles. The molecule has 152 valence electrons. The van der Waals surface area contributed by atoms with Crippen LogP contribution < -0.4 is 15.0 Å². The lowest BCUT2D eigenvalue weighted by Gasteiger charge is -2.28. The van der Waals surface area contributed by atoms with E-state index >= 15 is 0 Å². The SMILES string of the molecule is COc1ccc(C)cc1NC(=O)c1sc2nc(C)nc(N3CCCCC3)c2c1C. The second kappa shape index (κ2) is 7.99. The topological polar surface area (TPSA) is 67.3 Å². The molecule has 0 radical (unpaired) electrons. The van der Waals surface area contributed by atoms with Gasteiger partial charge in [-0.3, -0.25) is 4.79 Å². The Bertz CT molecular complexity index is 1070. The number of hydrogen-bond acceptors (Lipinski definition) is 6. The van der Waals surface area contributed by atoms with Gasteiger partial charge in [0.2, 0.25) is 0 Å². The van der Waals surface area contributed by atoms with Gasteiger partial charge < -0.3 is 15.0 Å². The van der Waals surface area contributed by atoms with Gasteiger partial charge in [0.1, 0.15) is 22.2 Å². The van der Waals surface area contributed by atoms with Gasteiger partial charge in [0.15, 0.2) is 0 Å². The molecule has 0 unspecified atom stereocenters. The molecule has 1 aliphatic heterocycles. The predicted molar refractivity (Wildman–Crippen MR) is 119 cm³/mol. The van der Waals surface area contributed by atoms with E-state index in [0.29, 0.717) is 16.3 Å². The average Bonchev–Trinajstić information content (AvgIpc) is 3.04. The zero-order chi connectivity index (χ0) is 20.5. The number of aromatic nitrogens is 2. The standard InChI is InChI=1S/C22H26N4O2S/c1-13-8-9-17(28-4)16(12-13)25-21(27)19-14(2)18-20(26-10-6-5-7-11-26)23-15(3)24-22(18)29-19/h8-9,12H,5-7,10-11H2,1-4H3,(H,25,27). The molecule has 29 heavy (non-hydrogen) atoms. The van der Waals surface area contributed by atoms with Crippen LogP contribution in [0.15, 0.2) is 18.2 Å². The molecule has 1 saturated heterocycles. The summed E-state index contributed by atoms with van der Waals surface area (Å²) in [5, 5.41) is 4.02. The van der Waals surface area contributed by atoms with Crippen LogP contribution in [0.5, 0.6) is 5.75 Å². The lowest BCUT2D eigenvalue weighted by Crippen LogP contribution is -2.30. The molecule has 1 aliphatic rings. The summed E-state index contributed by atoms with van der Waals surface area (Å²) >= 11 is 1.43. The van der Waals surface area contributed by atoms with Crippen molar-refractivity contribution in [3.8, 4) is 5.75 Å². The van der Waals surface area contributed by atoms with Crippen LogP contribution in [0.1, 0.15) is 45.9 Å². The molecule has 1 fully saturated rings. The fourth-order valence-electron chi connectivity index (χ4n) is 3.87. The third kappa shape index (κ3) is 3.79. The highest BCUT2D eigenvalue weighted by atomic mass is 32.1. The van der Waals surface area contributed by atoms with Crippen molar-refractivity contribution in [2.45, 2.75) is 40.0 Å². The van der Waals surface area contributed by atoms with Gasteiger partial charge in [0, 0.05) is 13.1 Å². The smallest absolute Gasteiger partial charge is 0.266 e. The van der Waals surface area contributed by atoms with Gasteiger partial charge in [-0.1, -0.05) is 6.07 Å². The fourth-order valence-corrected chi connectivity index (χ4v) is 4.99. The molecule has 0 saturated carbocycles. The molecule has 0 spiro atoms. The number of nitrogens with one attached hydrogen (secondary N) is 1. The van der Waals surface area contributed by atoms with Crippen molar-refractivity contribution in [1.29, 1.82) is 0 Å². The van der Waals surface area contributed by atoms with E-state index in [0.717, 1.165) is 46.1 Å². The third-order valence-corrected chi connectivity index (χ3v) is 6.53. The highest BCUT2D eigenvalue weighted by Gasteiger charge is 2.24. The number of aryl methyl sites for hydroxylation is 3. The number of piperidine rings is 1. The van der Waals surface area contributed by atoms with Gasteiger partial charge in [-0.2, -0.15) is 0 Å². The van der Waals surface area contributed by atoms with Crippen molar-refractivity contribution in [2.75, 3.05) is 30.4 Å². The molecule has 6 nitrogen and oxygen atoms in total. The quantitative estimate of drug-likeness (QED) is 0.665. The molecule has 0 atom stereocenters. The molecular formula is C22H26N4O2S. The summed E-state index contributed by atoms with van der Waals surface area (Å²) in [5.74, 6) is 2.21. The Morgan fingerprint density at radius 3 is 2.62 bits per heavy atom. The number of anilines is 2. The maximum atomic E-state index is 13.1. The van der Waals surface area contributed by atoms with E-state index in [4.69, 9.17) is 9.72 Å². The van der Waals surface area contributed by atoms with Gasteiger partial charge in [0.25, 0.3) is 5.91 Å². The highest BCUT2D eigenvalue weighted by molar-refractivity contribution is 7.20. The zero-order valence-corrected chi connectivity index (χ0v) is 18.2. The summed E-state index contributed by atoms with van der Waals surface area (Å²) in [6, 6.07) is 5.75. The molecule has 7 heteroatoms. The summed E-state index contributed by atoms with van der Waals surface area (Å²) in [5.41, 5.74) is 2.67. The highest BCUT2D eigenvalue weighted by Crippen LogP contribution is 2.37. The average molecular weight is 411 g/mol. The number of carbonyl (C=O) groups excluding carboxylic acids is 1. The normalized spacial score (nSPS) is 14.3. The molecule has 1 aromatic carbocycles. The van der Waals surface area contributed by atoms with Crippen molar-refractivity contribution >= 4 is 39.0 Å². The summed E-state index contributed by atoms with van der Waals surface area (Å²) in [6.07, 6.45) is 3.61. The number of hydrogen-bond donors (Lipinski definition) is 1. The predicted octanol–water partition coefficient (Wildman–Crippen LogP) is 4.87. The number of carbonyl (C=O) groups is 1. The Balaban J connectivity index is 1.74. The number of amides is 1. The van der Waals surface area contributed by atoms with E-state index < -0.39 is 0 Å². The maximum Gasteiger partial charge on any atom is 0.266 e. The molecule has 1 amide bonds. The van der Waals surface area contributed by atoms with Crippen LogP contribution in [0.2, 0.25) is 0 Å². The molecular weight excluding hydrogens is 384 g/mol. The van der Waals surface area contributed by atoms with E-state index in [2.05, 4.69) is 15.2 Å². The van der Waals surface area contributed by atoms with Crippen LogP contribution in [-0.4, -0.2) is 36.1 Å². The van der Waals surface area contributed by atoms with Crippen LogP contribution >= 0.6 is 11.3 Å². The van der Waals surface area contributed by atoms with Gasteiger partial charge in [-0.05, 0) is 63.3 Å². The van der Waals surface area contributed by atoms with E-state index in [9.17, 15) is 4.79 Å². The maximum absolute atomic E-state index is 13.1. The van der Waals surface area contributed by atoms with Crippen LogP contribution in [0, 0.1) is 20.8 Å². The lowest BCUT2D eigenvalue weighted by molar-refractivity contribution is 0.102. The van der Waals surface area contributed by atoms with Gasteiger partial charge in [-0.25, -0.2) is 9.97 Å². The number of ether oxygens (including phenoxy) is 1. The first kappa shape index (κ1) is 19.6. The second-order valence-corrected chi connectivity index (χ2v) is 8.54. The third-order valence-electron chi connectivity index (χ3n) is 5.35. The van der Waals surface area contributed by atoms with Crippen LogP contribution in [-0.2, 0) is 0 Å². The minimum atomic E-state index is -0.142. The van der Waals surface area contributed by atoms with Crippen molar-refractivity contribution < 1.29 is 9.53 Å². The van der Waals surface area contributed by atoms with E-state index in [1.165, 1.54) is 30.6 Å². The first-order chi connectivity index (χ1) is 14.0. The van der Waals surface area contributed by atoms with Crippen molar-refractivity contribution in [3.63, 3.8) is 0 Å². The van der Waals surface area contributed by atoms with Crippen molar-refractivity contribution in [2.24, 2.45) is 0 Å². The Morgan fingerprint density at radius 2 is 1.90 bits per heavy atom. The molecule has 4 rings (SSSR count). The number of nitrogens with zero attached hydrogens (tertiary/aromatic N) is 3. The molecule has 1 N–H and O–H groups in total. The second-order valence-electron chi connectivity index (χ2n) is 7.54. The fraction of sp³-hybridized carbons (Fsp3) is 0.409. The Morgan fingerprint density at radius 1 is 1.14 bits per heavy atom. The van der Waals surface area contributed by atoms with E-state index in [-0.39, 0.29) is 5.91 Å². The number of fused-ring (bicyclic) bond motifs is 1. The van der Waals surface area contributed by atoms with E-state index in [1.807, 2.05) is 39.0 Å². The number of thiophene rings is 1. The number of methoxy groups -OCH3 is 1. The van der Waals surface area contributed by atoms with Gasteiger partial charge in [-0.15, -0.1) is 11.3 Å². The molecule has 0 aliphatic carbocycles. The molecule has 3 aromatic rings. The van der Waals surface area contributed by atoms with Crippen LogP contribution in [0.4, 0.5) is 11.5 Å². The molecule has 0 bridgehead atoms. The minimum absolute atomic E-state index is 0.142. The Hall–Kier alpha value is -2.67. The summed E-state index contributed by atoms with van der Waals surface area (Å²) < 4.78 is 5.40. The van der Waals surface area contributed by atoms with E-state index in [1.54, 1.807) is 7.11 Å². The van der Waals surface area contributed by atoms with Crippen LogP contribution in [0.25, 0.3) is 10.2 Å². The Labute approximate surface area is 174 Å². The number of benzene rings is 1. The largest absolute Gasteiger partial charge is 0.495 e. The first-order valence-corrected chi connectivity index (χ1v) is 10.8. The summed E-state index contributed by atoms with van der Waals surface area (Å²) in [7, 11) is 1.61. The van der Waals surface area contributed by atoms with Gasteiger partial charge >= 0.3 is 0 Å². The first-order valence-electron chi connectivity index (χ1n) is 9.96. The number of rotatable bonds is 4.